The number of carbonyl (C=O) groups excluding carboxylic acids is 1. The molecule has 27 heavy (non-hydrogen) atoms. The molecular weight excluding hydrogens is 374 g/mol. The van der Waals surface area contributed by atoms with Gasteiger partial charge in [0.15, 0.2) is 11.6 Å². The first-order valence-corrected chi connectivity index (χ1v) is 9.30. The maximum Gasteiger partial charge on any atom is 0.255 e. The predicted octanol–water partition coefficient (Wildman–Crippen LogP) is 3.51. The van der Waals surface area contributed by atoms with E-state index in [1.807, 2.05) is 6.07 Å². The molecule has 0 aromatic heterocycles. The second-order valence-corrected chi connectivity index (χ2v) is 7.26. The number of hydrogen-bond donors (Lipinski definition) is 0. The van der Waals surface area contributed by atoms with Crippen LogP contribution in [0.2, 0.25) is 5.02 Å². The average molecular weight is 393 g/mol. The molecule has 142 valence electrons. The number of carbonyl (C=O) groups is 1. The van der Waals surface area contributed by atoms with Crippen molar-refractivity contribution in [3.63, 3.8) is 0 Å². The van der Waals surface area contributed by atoms with E-state index < -0.39 is 11.6 Å². The zero-order valence-electron chi connectivity index (χ0n) is 14.7. The molecule has 1 saturated heterocycles. The molecule has 0 unspecified atom stereocenters. The van der Waals surface area contributed by atoms with E-state index in [-0.39, 0.29) is 16.5 Å². The van der Waals surface area contributed by atoms with Crippen molar-refractivity contribution in [3.8, 4) is 5.75 Å². The molecule has 2 aliphatic heterocycles. The molecule has 4 nitrogen and oxygen atoms in total. The second kappa shape index (κ2) is 7.44. The first kappa shape index (κ1) is 18.2. The van der Waals surface area contributed by atoms with E-state index in [0.717, 1.165) is 37.5 Å². The van der Waals surface area contributed by atoms with Crippen LogP contribution in [0.1, 0.15) is 21.5 Å². The highest BCUT2D eigenvalue weighted by molar-refractivity contribution is 6.33. The molecule has 0 aliphatic carbocycles. The highest BCUT2D eigenvalue weighted by Crippen LogP contribution is 2.27. The average Bonchev–Trinajstić information content (AvgIpc) is 3.12. The van der Waals surface area contributed by atoms with Crippen LogP contribution >= 0.6 is 11.6 Å². The van der Waals surface area contributed by atoms with E-state index in [4.69, 9.17) is 16.3 Å². The van der Waals surface area contributed by atoms with E-state index in [1.54, 1.807) is 4.90 Å². The highest BCUT2D eigenvalue weighted by Gasteiger charge is 2.25. The normalized spacial score (nSPS) is 16.9. The number of fused-ring (bicyclic) bond motifs is 1. The molecule has 0 saturated carbocycles. The Bertz CT molecular complexity index is 883. The Hall–Kier alpha value is -2.18. The number of amides is 1. The van der Waals surface area contributed by atoms with Gasteiger partial charge in [0.2, 0.25) is 0 Å². The Labute approximate surface area is 161 Å². The molecule has 1 fully saturated rings. The summed E-state index contributed by atoms with van der Waals surface area (Å²) in [5, 5.41) is -0.0679. The monoisotopic (exact) mass is 392 g/mol. The van der Waals surface area contributed by atoms with Crippen LogP contribution in [0.25, 0.3) is 0 Å². The Morgan fingerprint density at radius 2 is 1.81 bits per heavy atom. The number of halogens is 3. The molecule has 0 bridgehead atoms. The van der Waals surface area contributed by atoms with Crippen molar-refractivity contribution in [1.29, 1.82) is 0 Å². The summed E-state index contributed by atoms with van der Waals surface area (Å²) < 4.78 is 32.2. The molecule has 2 aromatic carbocycles. The molecule has 0 atom stereocenters. The summed E-state index contributed by atoms with van der Waals surface area (Å²) in [4.78, 5) is 16.5. The van der Waals surface area contributed by atoms with Crippen molar-refractivity contribution in [1.82, 2.24) is 9.80 Å². The topological polar surface area (TPSA) is 32.8 Å². The van der Waals surface area contributed by atoms with Crippen molar-refractivity contribution in [3.05, 3.63) is 63.7 Å². The third-order valence-corrected chi connectivity index (χ3v) is 5.37. The molecule has 2 aliphatic rings. The molecule has 2 heterocycles. The van der Waals surface area contributed by atoms with Gasteiger partial charge >= 0.3 is 0 Å². The van der Waals surface area contributed by atoms with Gasteiger partial charge in [0.05, 0.1) is 17.2 Å². The van der Waals surface area contributed by atoms with E-state index >= 15 is 0 Å². The lowest BCUT2D eigenvalue weighted by atomic mass is 10.1. The van der Waals surface area contributed by atoms with Gasteiger partial charge in [0.1, 0.15) is 5.75 Å². The van der Waals surface area contributed by atoms with E-state index in [1.165, 1.54) is 11.1 Å². The van der Waals surface area contributed by atoms with Crippen LogP contribution in [0, 0.1) is 11.6 Å². The molecular formula is C20H19ClF2N2O2. The van der Waals surface area contributed by atoms with Crippen molar-refractivity contribution in [2.45, 2.75) is 13.0 Å². The SMILES string of the molecule is O=C(c1cc(F)c(F)cc1Cl)N1CCN(Cc2ccc3c(c2)CCO3)CC1. The second-order valence-electron chi connectivity index (χ2n) is 6.86. The van der Waals surface area contributed by atoms with Gasteiger partial charge in [-0.2, -0.15) is 0 Å². The summed E-state index contributed by atoms with van der Waals surface area (Å²) in [6.07, 6.45) is 0.945. The molecule has 4 rings (SSSR count). The van der Waals surface area contributed by atoms with E-state index in [0.29, 0.717) is 26.2 Å². The van der Waals surface area contributed by atoms with Crippen molar-refractivity contribution in [2.24, 2.45) is 0 Å². The zero-order valence-corrected chi connectivity index (χ0v) is 15.4. The number of ether oxygens (including phenoxy) is 1. The lowest BCUT2D eigenvalue weighted by molar-refractivity contribution is 0.0628. The summed E-state index contributed by atoms with van der Waals surface area (Å²) in [7, 11) is 0. The summed E-state index contributed by atoms with van der Waals surface area (Å²) in [6, 6.07) is 7.99. The fourth-order valence-corrected chi connectivity index (χ4v) is 3.79. The van der Waals surface area contributed by atoms with Crippen molar-refractivity contribution >= 4 is 17.5 Å². The van der Waals surface area contributed by atoms with Crippen LogP contribution in [-0.2, 0) is 13.0 Å². The molecule has 1 amide bonds. The summed E-state index contributed by atoms with van der Waals surface area (Å²) >= 11 is 5.92. The zero-order chi connectivity index (χ0) is 19.0. The minimum absolute atomic E-state index is 0.00244. The number of hydrogen-bond acceptors (Lipinski definition) is 3. The standard InChI is InChI=1S/C20H19ClF2N2O2/c21-16-11-18(23)17(22)10-15(16)20(26)25-6-4-24(5-7-25)12-13-1-2-19-14(9-13)3-8-27-19/h1-2,9-11H,3-8,12H2. The number of rotatable bonds is 3. The summed E-state index contributed by atoms with van der Waals surface area (Å²) in [5.41, 5.74) is 2.47. The minimum atomic E-state index is -1.07. The fourth-order valence-electron chi connectivity index (χ4n) is 3.56. The van der Waals surface area contributed by atoms with E-state index in [9.17, 15) is 13.6 Å². The van der Waals surface area contributed by atoms with Gasteiger partial charge in [-0.15, -0.1) is 0 Å². The van der Waals surface area contributed by atoms with Gasteiger partial charge in [0.25, 0.3) is 5.91 Å². The summed E-state index contributed by atoms with van der Waals surface area (Å²) in [6.45, 7) is 4.00. The van der Waals surface area contributed by atoms with Crippen molar-refractivity contribution in [2.75, 3.05) is 32.8 Å². The van der Waals surface area contributed by atoms with Crippen LogP contribution in [-0.4, -0.2) is 48.5 Å². The third-order valence-electron chi connectivity index (χ3n) is 5.06. The number of piperazine rings is 1. The maximum absolute atomic E-state index is 13.5. The first-order valence-electron chi connectivity index (χ1n) is 8.92. The Balaban J connectivity index is 1.37. The third kappa shape index (κ3) is 3.77. The van der Waals surface area contributed by atoms with E-state index in [2.05, 4.69) is 17.0 Å². The molecule has 7 heteroatoms. The molecule has 0 N–H and O–H groups in total. The lowest BCUT2D eigenvalue weighted by Gasteiger charge is -2.35. The number of nitrogens with zero attached hydrogens (tertiary/aromatic N) is 2. The van der Waals surface area contributed by atoms with Gasteiger partial charge in [-0.25, -0.2) is 8.78 Å². The molecule has 0 spiro atoms. The first-order chi connectivity index (χ1) is 13.0. The van der Waals surface area contributed by atoms with Crippen LogP contribution in [0.5, 0.6) is 5.75 Å². The minimum Gasteiger partial charge on any atom is -0.493 e. The highest BCUT2D eigenvalue weighted by atomic mass is 35.5. The van der Waals surface area contributed by atoms with Crippen LogP contribution in [0.15, 0.2) is 30.3 Å². The largest absolute Gasteiger partial charge is 0.493 e. The van der Waals surface area contributed by atoms with Gasteiger partial charge in [-0.05, 0) is 29.3 Å². The smallest absolute Gasteiger partial charge is 0.255 e. The van der Waals surface area contributed by atoms with Crippen LogP contribution in [0.3, 0.4) is 0 Å². The maximum atomic E-state index is 13.5. The van der Waals surface area contributed by atoms with Crippen LogP contribution < -0.4 is 4.74 Å². The van der Waals surface area contributed by atoms with Crippen molar-refractivity contribution < 1.29 is 18.3 Å². The van der Waals surface area contributed by atoms with Gasteiger partial charge < -0.3 is 9.64 Å². The predicted molar refractivity (Wildman–Crippen MR) is 98.2 cm³/mol. The fraction of sp³-hybridized carbons (Fsp3) is 0.350. The molecule has 0 radical (unpaired) electrons. The Kier molecular flexibility index (Phi) is 5.02. The number of benzene rings is 2. The Morgan fingerprint density at radius 3 is 2.59 bits per heavy atom. The quantitative estimate of drug-likeness (QED) is 0.749. The van der Waals surface area contributed by atoms with Gasteiger partial charge in [-0.3, -0.25) is 9.69 Å². The molecule has 2 aromatic rings. The lowest BCUT2D eigenvalue weighted by Crippen LogP contribution is -2.48. The van der Waals surface area contributed by atoms with Crippen LogP contribution in [0.4, 0.5) is 8.78 Å². The van der Waals surface area contributed by atoms with Gasteiger partial charge in [0, 0.05) is 39.1 Å². The van der Waals surface area contributed by atoms with Gasteiger partial charge in [-0.1, -0.05) is 23.7 Å². The Morgan fingerprint density at radius 1 is 1.07 bits per heavy atom. The summed E-state index contributed by atoms with van der Waals surface area (Å²) in [5.74, 6) is -1.52.